The van der Waals surface area contributed by atoms with Crippen LogP contribution in [0.25, 0.3) is 0 Å². The third kappa shape index (κ3) is 5.37. The lowest BCUT2D eigenvalue weighted by Gasteiger charge is -2.09. The number of anilines is 1. The van der Waals surface area contributed by atoms with E-state index in [1.54, 1.807) is 12.3 Å². The zero-order chi connectivity index (χ0) is 14.8. The Balaban J connectivity index is 2.39. The van der Waals surface area contributed by atoms with Gasteiger partial charge in [-0.25, -0.2) is 4.68 Å². The van der Waals surface area contributed by atoms with E-state index in [1.807, 2.05) is 0 Å². The van der Waals surface area contributed by atoms with Crippen molar-refractivity contribution in [1.29, 1.82) is 0 Å². The summed E-state index contributed by atoms with van der Waals surface area (Å²) in [6, 6.07) is 0. The van der Waals surface area contributed by atoms with Crippen molar-refractivity contribution in [3.63, 3.8) is 0 Å². The van der Waals surface area contributed by atoms with Crippen molar-refractivity contribution in [3.8, 4) is 0 Å². The van der Waals surface area contributed by atoms with Gasteiger partial charge in [0.25, 0.3) is 5.56 Å². The molecule has 20 heavy (non-hydrogen) atoms. The van der Waals surface area contributed by atoms with E-state index in [4.69, 9.17) is 11.6 Å². The molecular weight excluding hydrogens is 274 g/mol. The van der Waals surface area contributed by atoms with Gasteiger partial charge in [-0.15, -0.1) is 6.58 Å². The maximum absolute atomic E-state index is 11.9. The van der Waals surface area contributed by atoms with Crippen LogP contribution in [0.4, 0.5) is 5.69 Å². The minimum Gasteiger partial charge on any atom is -0.382 e. The maximum Gasteiger partial charge on any atom is 0.287 e. The number of hydrogen-bond donors (Lipinski definition) is 1. The van der Waals surface area contributed by atoms with Crippen molar-refractivity contribution >= 4 is 17.3 Å². The van der Waals surface area contributed by atoms with E-state index in [1.165, 1.54) is 36.8 Å². The molecule has 0 saturated carbocycles. The molecule has 0 atom stereocenters. The van der Waals surface area contributed by atoms with Crippen LogP contribution in [0, 0.1) is 0 Å². The Kier molecular flexibility index (Phi) is 8.04. The SMILES string of the molecule is C=CCn1ncc(NCCCCCCCC)c(Cl)c1=O. The van der Waals surface area contributed by atoms with E-state index < -0.39 is 0 Å². The fourth-order valence-electron chi connectivity index (χ4n) is 1.97. The van der Waals surface area contributed by atoms with Gasteiger partial charge in [0.1, 0.15) is 5.02 Å². The fraction of sp³-hybridized carbons (Fsp3) is 0.600. The second-order valence-corrected chi connectivity index (χ2v) is 5.22. The Hall–Kier alpha value is -1.29. The Morgan fingerprint density at radius 1 is 1.35 bits per heavy atom. The molecule has 0 radical (unpaired) electrons. The van der Waals surface area contributed by atoms with Crippen molar-refractivity contribution in [2.75, 3.05) is 11.9 Å². The number of unbranched alkanes of at least 4 members (excludes halogenated alkanes) is 5. The zero-order valence-electron chi connectivity index (χ0n) is 12.2. The number of allylic oxidation sites excluding steroid dienone is 1. The van der Waals surface area contributed by atoms with Gasteiger partial charge in [0.05, 0.1) is 18.4 Å². The van der Waals surface area contributed by atoms with Crippen LogP contribution >= 0.6 is 11.6 Å². The molecular formula is C15H24ClN3O. The third-order valence-corrected chi connectivity index (χ3v) is 3.50. The predicted molar refractivity (Wildman–Crippen MR) is 85.6 cm³/mol. The van der Waals surface area contributed by atoms with Gasteiger partial charge < -0.3 is 5.32 Å². The van der Waals surface area contributed by atoms with Gasteiger partial charge in [-0.3, -0.25) is 4.79 Å². The molecule has 112 valence electrons. The third-order valence-electron chi connectivity index (χ3n) is 3.13. The lowest BCUT2D eigenvalue weighted by atomic mass is 10.1. The standard InChI is InChI=1S/C15H24ClN3O/c1-3-5-6-7-8-9-10-17-13-12-18-19(11-4-2)15(20)14(13)16/h4,12,17H,2-3,5-11H2,1H3. The summed E-state index contributed by atoms with van der Waals surface area (Å²) < 4.78 is 1.30. The van der Waals surface area contributed by atoms with E-state index in [-0.39, 0.29) is 10.6 Å². The van der Waals surface area contributed by atoms with E-state index in [0.717, 1.165) is 13.0 Å². The van der Waals surface area contributed by atoms with Gasteiger partial charge in [0, 0.05) is 6.54 Å². The van der Waals surface area contributed by atoms with E-state index in [2.05, 4.69) is 23.9 Å². The molecule has 1 aromatic rings. The number of nitrogens with one attached hydrogen (secondary N) is 1. The number of rotatable bonds is 10. The average Bonchev–Trinajstić information content (AvgIpc) is 2.45. The number of aromatic nitrogens is 2. The monoisotopic (exact) mass is 297 g/mol. The number of hydrogen-bond acceptors (Lipinski definition) is 3. The molecule has 1 N–H and O–H groups in total. The summed E-state index contributed by atoms with van der Waals surface area (Å²) in [5.74, 6) is 0. The van der Waals surface area contributed by atoms with Crippen LogP contribution in [0.5, 0.6) is 0 Å². The first-order chi connectivity index (χ1) is 9.70. The Labute approximate surface area is 125 Å². The summed E-state index contributed by atoms with van der Waals surface area (Å²) in [5.41, 5.74) is 0.338. The molecule has 0 unspecified atom stereocenters. The first kappa shape index (κ1) is 16.8. The molecule has 1 rings (SSSR count). The van der Waals surface area contributed by atoms with Crippen LogP contribution in [0.2, 0.25) is 5.02 Å². The van der Waals surface area contributed by atoms with Crippen molar-refractivity contribution in [3.05, 3.63) is 34.2 Å². The summed E-state index contributed by atoms with van der Waals surface area (Å²) in [4.78, 5) is 11.9. The summed E-state index contributed by atoms with van der Waals surface area (Å²) in [6.45, 7) is 6.98. The minimum atomic E-state index is -0.278. The fourth-order valence-corrected chi connectivity index (χ4v) is 2.18. The highest BCUT2D eigenvalue weighted by molar-refractivity contribution is 6.32. The topological polar surface area (TPSA) is 46.9 Å². The molecule has 1 aromatic heterocycles. The quantitative estimate of drug-likeness (QED) is 0.527. The Bertz CT molecular complexity index is 471. The smallest absolute Gasteiger partial charge is 0.287 e. The number of halogens is 1. The predicted octanol–water partition coefficient (Wildman–Crippen LogP) is 3.86. The van der Waals surface area contributed by atoms with Gasteiger partial charge >= 0.3 is 0 Å². The van der Waals surface area contributed by atoms with Crippen molar-refractivity contribution in [2.24, 2.45) is 0 Å². The van der Waals surface area contributed by atoms with Crippen molar-refractivity contribution < 1.29 is 0 Å². The molecule has 0 aliphatic rings. The molecule has 4 nitrogen and oxygen atoms in total. The maximum atomic E-state index is 11.9. The minimum absolute atomic E-state index is 0.202. The van der Waals surface area contributed by atoms with E-state index in [9.17, 15) is 4.79 Å². The highest BCUT2D eigenvalue weighted by atomic mass is 35.5. The molecule has 0 amide bonds. The number of nitrogens with zero attached hydrogens (tertiary/aromatic N) is 2. The molecule has 5 heteroatoms. The molecule has 1 heterocycles. The van der Waals surface area contributed by atoms with Gasteiger partial charge in [0.15, 0.2) is 0 Å². The molecule has 0 aliphatic carbocycles. The molecule has 0 bridgehead atoms. The Morgan fingerprint density at radius 3 is 2.75 bits per heavy atom. The first-order valence-electron chi connectivity index (χ1n) is 7.31. The highest BCUT2D eigenvalue weighted by Crippen LogP contribution is 2.15. The summed E-state index contributed by atoms with van der Waals surface area (Å²) in [6.07, 6.45) is 10.6. The van der Waals surface area contributed by atoms with E-state index in [0.29, 0.717) is 12.2 Å². The van der Waals surface area contributed by atoms with Crippen LogP contribution < -0.4 is 10.9 Å². The molecule has 0 spiro atoms. The van der Waals surface area contributed by atoms with Crippen LogP contribution in [-0.2, 0) is 6.54 Å². The summed E-state index contributed by atoms with van der Waals surface area (Å²) >= 11 is 6.05. The van der Waals surface area contributed by atoms with Crippen LogP contribution in [0.3, 0.4) is 0 Å². The van der Waals surface area contributed by atoms with Crippen LogP contribution in [0.1, 0.15) is 45.4 Å². The summed E-state index contributed by atoms with van der Waals surface area (Å²) in [5, 5.41) is 7.44. The summed E-state index contributed by atoms with van der Waals surface area (Å²) in [7, 11) is 0. The average molecular weight is 298 g/mol. The van der Waals surface area contributed by atoms with Gasteiger partial charge in [-0.1, -0.05) is 56.7 Å². The van der Waals surface area contributed by atoms with Crippen LogP contribution in [-0.4, -0.2) is 16.3 Å². The first-order valence-corrected chi connectivity index (χ1v) is 7.68. The molecule has 0 fully saturated rings. The van der Waals surface area contributed by atoms with Gasteiger partial charge in [0.2, 0.25) is 0 Å². The molecule has 0 saturated heterocycles. The largest absolute Gasteiger partial charge is 0.382 e. The zero-order valence-corrected chi connectivity index (χ0v) is 13.0. The molecule has 0 aliphatic heterocycles. The normalized spacial score (nSPS) is 10.5. The lowest BCUT2D eigenvalue weighted by Crippen LogP contribution is -2.23. The van der Waals surface area contributed by atoms with E-state index >= 15 is 0 Å². The van der Waals surface area contributed by atoms with Gasteiger partial charge in [-0.05, 0) is 6.42 Å². The Morgan fingerprint density at radius 2 is 2.05 bits per heavy atom. The van der Waals surface area contributed by atoms with Crippen molar-refractivity contribution in [1.82, 2.24) is 9.78 Å². The molecule has 0 aromatic carbocycles. The van der Waals surface area contributed by atoms with Crippen molar-refractivity contribution in [2.45, 2.75) is 52.0 Å². The second kappa shape index (κ2) is 9.59. The second-order valence-electron chi connectivity index (χ2n) is 4.84. The van der Waals surface area contributed by atoms with Gasteiger partial charge in [-0.2, -0.15) is 5.10 Å². The lowest BCUT2D eigenvalue weighted by molar-refractivity contribution is 0.616. The highest BCUT2D eigenvalue weighted by Gasteiger charge is 2.07. The van der Waals surface area contributed by atoms with Crippen LogP contribution in [0.15, 0.2) is 23.6 Å².